The molecule has 3 N–H and O–H groups in total. The van der Waals surface area contributed by atoms with Gasteiger partial charge in [-0.15, -0.1) is 0 Å². The molecule has 0 spiro atoms. The normalized spacial score (nSPS) is 22.5. The van der Waals surface area contributed by atoms with Gasteiger partial charge in [0.15, 0.2) is 0 Å². The molecule has 3 aliphatic rings. The Morgan fingerprint density at radius 3 is 2.50 bits per heavy atom. The van der Waals surface area contributed by atoms with Crippen molar-refractivity contribution >= 4 is 23.1 Å². The summed E-state index contributed by atoms with van der Waals surface area (Å²) in [7, 11) is 0. The van der Waals surface area contributed by atoms with Gasteiger partial charge >= 0.3 is 0 Å². The van der Waals surface area contributed by atoms with Crippen LogP contribution in [0.15, 0.2) is 23.4 Å². The highest BCUT2D eigenvalue weighted by Gasteiger charge is 2.30. The van der Waals surface area contributed by atoms with Gasteiger partial charge in [-0.2, -0.15) is 0 Å². The molecule has 26 heavy (non-hydrogen) atoms. The second kappa shape index (κ2) is 6.97. The highest BCUT2D eigenvalue weighted by molar-refractivity contribution is 6.09. The molecule has 1 atom stereocenters. The van der Waals surface area contributed by atoms with Gasteiger partial charge in [0.2, 0.25) is 6.10 Å². The van der Waals surface area contributed by atoms with Crippen LogP contribution in [0.25, 0.3) is 0 Å². The van der Waals surface area contributed by atoms with Crippen LogP contribution < -0.4 is 10.6 Å². The summed E-state index contributed by atoms with van der Waals surface area (Å²) in [6.07, 6.45) is 4.36. The van der Waals surface area contributed by atoms with Crippen molar-refractivity contribution in [3.05, 3.63) is 29.3 Å². The fourth-order valence-corrected chi connectivity index (χ4v) is 3.96. The number of carbonyl (C=O) groups excluding carboxylic acids is 1. The van der Waals surface area contributed by atoms with E-state index in [9.17, 15) is 4.79 Å². The molecule has 1 unspecified atom stereocenters. The predicted octanol–water partition coefficient (Wildman–Crippen LogP) is 1.69. The zero-order chi connectivity index (χ0) is 18.1. The number of nitrogens with one attached hydrogen (secondary N) is 1. The van der Waals surface area contributed by atoms with E-state index in [2.05, 4.69) is 21.0 Å². The summed E-state index contributed by atoms with van der Waals surface area (Å²) in [5.41, 5.74) is 9.10. The van der Waals surface area contributed by atoms with E-state index in [1.54, 1.807) is 0 Å². The Labute approximate surface area is 153 Å². The van der Waals surface area contributed by atoms with Crippen LogP contribution in [0.2, 0.25) is 0 Å². The van der Waals surface area contributed by atoms with Gasteiger partial charge in [0.1, 0.15) is 5.84 Å². The Morgan fingerprint density at radius 1 is 1.15 bits per heavy atom. The number of benzene rings is 1. The first-order valence-electron chi connectivity index (χ1n) is 9.39. The summed E-state index contributed by atoms with van der Waals surface area (Å²) in [4.78, 5) is 21.1. The molecule has 0 aromatic heterocycles. The van der Waals surface area contributed by atoms with Crippen LogP contribution in [0, 0.1) is 5.41 Å². The molecule has 0 bridgehead atoms. The van der Waals surface area contributed by atoms with Crippen molar-refractivity contribution in [3.8, 4) is 0 Å². The Balaban J connectivity index is 1.65. The zero-order valence-corrected chi connectivity index (χ0v) is 14.9. The number of anilines is 1. The molecule has 0 radical (unpaired) electrons. The monoisotopic (exact) mass is 355 g/mol. The van der Waals surface area contributed by atoms with Gasteiger partial charge in [-0.1, -0.05) is 17.3 Å². The van der Waals surface area contributed by atoms with Gasteiger partial charge in [0.05, 0.1) is 5.71 Å². The van der Waals surface area contributed by atoms with E-state index < -0.39 is 12.0 Å². The lowest BCUT2D eigenvalue weighted by molar-refractivity contribution is -0.127. The van der Waals surface area contributed by atoms with Crippen LogP contribution in [0.1, 0.15) is 43.2 Å². The third kappa shape index (κ3) is 3.13. The van der Waals surface area contributed by atoms with Crippen LogP contribution in [0.3, 0.4) is 0 Å². The molecule has 3 aliphatic heterocycles. The lowest BCUT2D eigenvalue weighted by Crippen LogP contribution is -2.29. The second-order valence-electron chi connectivity index (χ2n) is 7.21. The average Bonchev–Trinajstić information content (AvgIpc) is 3.43. The summed E-state index contributed by atoms with van der Waals surface area (Å²) < 4.78 is 0. The number of hydrogen-bond acceptors (Lipinski definition) is 5. The number of nitrogens with two attached hydrogens (primary N) is 1. The van der Waals surface area contributed by atoms with Gasteiger partial charge in [-0.05, 0) is 31.7 Å². The first kappa shape index (κ1) is 16.9. The van der Waals surface area contributed by atoms with E-state index >= 15 is 0 Å². The second-order valence-corrected chi connectivity index (χ2v) is 7.21. The zero-order valence-electron chi connectivity index (χ0n) is 14.9. The maximum atomic E-state index is 11.4. The third-order valence-corrected chi connectivity index (χ3v) is 5.44. The van der Waals surface area contributed by atoms with Crippen LogP contribution in [0.5, 0.6) is 0 Å². The van der Waals surface area contributed by atoms with Crippen molar-refractivity contribution in [1.29, 1.82) is 5.41 Å². The fourth-order valence-electron chi connectivity index (χ4n) is 3.96. The quantitative estimate of drug-likeness (QED) is 0.635. The van der Waals surface area contributed by atoms with E-state index in [0.717, 1.165) is 61.5 Å². The Hall–Kier alpha value is -2.57. The summed E-state index contributed by atoms with van der Waals surface area (Å²) in [5.74, 6) is 0.105. The summed E-state index contributed by atoms with van der Waals surface area (Å²) in [6.45, 7) is 3.92. The predicted molar refractivity (Wildman–Crippen MR) is 101 cm³/mol. The molecule has 1 aromatic carbocycles. The van der Waals surface area contributed by atoms with E-state index in [1.807, 2.05) is 12.1 Å². The number of rotatable bonds is 4. The number of carbonyl (C=O) groups is 1. The molecule has 7 nitrogen and oxygen atoms in total. The Bertz CT molecular complexity index is 748. The molecule has 2 saturated heterocycles. The molecule has 138 valence electrons. The van der Waals surface area contributed by atoms with Crippen molar-refractivity contribution < 1.29 is 9.63 Å². The number of amides is 1. The van der Waals surface area contributed by atoms with Gasteiger partial charge < -0.3 is 20.4 Å². The van der Waals surface area contributed by atoms with E-state index in [4.69, 9.17) is 16.0 Å². The molecule has 2 fully saturated rings. The van der Waals surface area contributed by atoms with Crippen LogP contribution >= 0.6 is 0 Å². The molecular weight excluding hydrogens is 330 g/mol. The topological polar surface area (TPSA) is 95.0 Å². The highest BCUT2D eigenvalue weighted by atomic mass is 16.6. The minimum atomic E-state index is -0.681. The smallest absolute Gasteiger partial charge is 0.261 e. The number of hydrogen-bond donors (Lipinski definition) is 2. The lowest BCUT2D eigenvalue weighted by atomic mass is 9.99. The molecule has 1 aromatic rings. The number of amidine groups is 1. The number of oxime groups is 1. The van der Waals surface area contributed by atoms with Crippen molar-refractivity contribution in [3.63, 3.8) is 0 Å². The van der Waals surface area contributed by atoms with Crippen LogP contribution in [-0.4, -0.2) is 54.6 Å². The number of likely N-dealkylation sites (tertiary alicyclic amines) is 1. The van der Waals surface area contributed by atoms with Crippen molar-refractivity contribution in [2.24, 2.45) is 10.9 Å². The first-order chi connectivity index (χ1) is 12.6. The molecule has 4 rings (SSSR count). The minimum absolute atomic E-state index is 0.402. The van der Waals surface area contributed by atoms with Crippen LogP contribution in [0.4, 0.5) is 5.69 Å². The SMILES string of the molecule is N=C(c1ccc(C2=NOC(C(N)=O)C2)c(N2CCCC2)c1)N1CCCC1. The van der Waals surface area contributed by atoms with Crippen molar-refractivity contribution in [1.82, 2.24) is 4.90 Å². The molecule has 3 heterocycles. The summed E-state index contributed by atoms with van der Waals surface area (Å²) in [6, 6.07) is 6.09. The molecule has 0 aliphatic carbocycles. The maximum Gasteiger partial charge on any atom is 0.261 e. The van der Waals surface area contributed by atoms with E-state index in [-0.39, 0.29) is 0 Å². The average molecular weight is 355 g/mol. The number of primary amides is 1. The first-order valence-corrected chi connectivity index (χ1v) is 9.39. The highest BCUT2D eigenvalue weighted by Crippen LogP contribution is 2.30. The molecule has 1 amide bonds. The standard InChI is InChI=1S/C19H25N5O2/c20-18(24-9-3-4-10-24)13-5-6-14(15-12-17(19(21)25)26-22-15)16(11-13)23-7-1-2-8-23/h5-6,11,17,20H,1-4,7-10,12H2,(H2,21,25). The van der Waals surface area contributed by atoms with Gasteiger partial charge in [-0.25, -0.2) is 0 Å². The Kier molecular flexibility index (Phi) is 4.53. The van der Waals surface area contributed by atoms with E-state index in [1.165, 1.54) is 12.8 Å². The molecule has 0 saturated carbocycles. The van der Waals surface area contributed by atoms with E-state index in [0.29, 0.717) is 12.3 Å². The van der Waals surface area contributed by atoms with Gasteiger partial charge in [-0.3, -0.25) is 10.2 Å². The maximum absolute atomic E-state index is 11.4. The van der Waals surface area contributed by atoms with Crippen molar-refractivity contribution in [2.75, 3.05) is 31.1 Å². The Morgan fingerprint density at radius 2 is 1.85 bits per heavy atom. The summed E-state index contributed by atoms with van der Waals surface area (Å²) >= 11 is 0. The molecular formula is C19H25N5O2. The van der Waals surface area contributed by atoms with Gasteiger partial charge in [0.25, 0.3) is 5.91 Å². The lowest BCUT2D eigenvalue weighted by Gasteiger charge is -2.24. The van der Waals surface area contributed by atoms with Gasteiger partial charge in [0, 0.05) is 49.4 Å². The number of nitrogens with zero attached hydrogens (tertiary/aromatic N) is 3. The third-order valence-electron chi connectivity index (χ3n) is 5.44. The molecule has 7 heteroatoms. The van der Waals surface area contributed by atoms with Crippen molar-refractivity contribution in [2.45, 2.75) is 38.2 Å². The van der Waals surface area contributed by atoms with Crippen LogP contribution in [-0.2, 0) is 9.63 Å². The fraction of sp³-hybridized carbons (Fsp3) is 0.526. The largest absolute Gasteiger partial charge is 0.382 e. The minimum Gasteiger partial charge on any atom is -0.382 e. The summed E-state index contributed by atoms with van der Waals surface area (Å²) in [5, 5.41) is 12.7.